The van der Waals surface area contributed by atoms with Gasteiger partial charge in [0.15, 0.2) is 5.76 Å². The van der Waals surface area contributed by atoms with Gasteiger partial charge < -0.3 is 19.8 Å². The Morgan fingerprint density at radius 3 is 2.62 bits per heavy atom. The lowest BCUT2D eigenvalue weighted by Gasteiger charge is -2.06. The summed E-state index contributed by atoms with van der Waals surface area (Å²) in [5, 5.41) is 5.73. The molecule has 0 aliphatic rings. The Kier molecular flexibility index (Phi) is 6.97. The smallest absolute Gasteiger partial charge is 0.341 e. The number of carbonyl (C=O) groups is 3. The van der Waals surface area contributed by atoms with Crippen LogP contribution in [0.25, 0.3) is 0 Å². The van der Waals surface area contributed by atoms with E-state index in [0.29, 0.717) is 17.0 Å². The third-order valence-corrected chi connectivity index (χ3v) is 4.83. The van der Waals surface area contributed by atoms with Gasteiger partial charge in [-0.05, 0) is 38.0 Å². The van der Waals surface area contributed by atoms with Gasteiger partial charge in [0.05, 0.1) is 23.3 Å². The second-order valence-corrected chi connectivity index (χ2v) is 6.54. The summed E-state index contributed by atoms with van der Waals surface area (Å²) < 4.78 is 10.1. The Bertz CT molecular complexity index is 780. The number of unbranched alkanes of at least 4 members (excludes halogenated alkanes) is 1. The molecule has 7 nitrogen and oxygen atoms in total. The second-order valence-electron chi connectivity index (χ2n) is 5.52. The summed E-state index contributed by atoms with van der Waals surface area (Å²) in [5.74, 6) is -1.24. The van der Waals surface area contributed by atoms with E-state index in [9.17, 15) is 14.4 Å². The summed E-state index contributed by atoms with van der Waals surface area (Å²) >= 11 is 1.05. The molecule has 0 radical (unpaired) electrons. The van der Waals surface area contributed by atoms with Crippen molar-refractivity contribution in [2.24, 2.45) is 0 Å². The number of hydrogen-bond donors (Lipinski definition) is 2. The van der Waals surface area contributed by atoms with Crippen molar-refractivity contribution in [2.75, 3.05) is 18.5 Å². The summed E-state index contributed by atoms with van der Waals surface area (Å²) in [6.07, 6.45) is 3.21. The highest BCUT2D eigenvalue weighted by atomic mass is 32.1. The molecule has 2 N–H and O–H groups in total. The van der Waals surface area contributed by atoms with Crippen molar-refractivity contribution in [3.8, 4) is 0 Å². The zero-order chi connectivity index (χ0) is 19.1. The van der Waals surface area contributed by atoms with Gasteiger partial charge in [0.25, 0.3) is 11.8 Å². The summed E-state index contributed by atoms with van der Waals surface area (Å²) in [6.45, 7) is 6.13. The van der Waals surface area contributed by atoms with E-state index in [1.165, 1.54) is 12.3 Å². The number of thiophene rings is 1. The third kappa shape index (κ3) is 4.51. The van der Waals surface area contributed by atoms with Crippen LogP contribution in [0.15, 0.2) is 22.8 Å². The molecule has 8 heteroatoms. The van der Waals surface area contributed by atoms with E-state index in [2.05, 4.69) is 10.6 Å². The number of ether oxygens (including phenoxy) is 1. The number of anilines is 1. The van der Waals surface area contributed by atoms with Crippen molar-refractivity contribution in [1.82, 2.24) is 5.32 Å². The summed E-state index contributed by atoms with van der Waals surface area (Å²) in [4.78, 5) is 37.4. The van der Waals surface area contributed by atoms with Crippen LogP contribution >= 0.6 is 11.3 Å². The average Bonchev–Trinajstić information content (AvgIpc) is 3.23. The first-order valence-electron chi connectivity index (χ1n) is 8.43. The predicted octanol–water partition coefficient (Wildman–Crippen LogP) is 3.61. The minimum absolute atomic E-state index is 0.111. The van der Waals surface area contributed by atoms with Crippen molar-refractivity contribution in [2.45, 2.75) is 33.6 Å². The van der Waals surface area contributed by atoms with Gasteiger partial charge in [0, 0.05) is 6.54 Å². The largest absolute Gasteiger partial charge is 0.462 e. The standard InChI is InChI=1S/C18H22N2O5S/c1-4-6-9-19-16(22)14-11(3)13(18(23)24-5-2)17(26-14)20-15(21)12-8-7-10-25-12/h7-8,10H,4-6,9H2,1-3H3,(H,19,22)(H,20,21). The van der Waals surface area contributed by atoms with Crippen LogP contribution < -0.4 is 10.6 Å². The first-order valence-corrected chi connectivity index (χ1v) is 9.24. The van der Waals surface area contributed by atoms with Crippen LogP contribution in [0.3, 0.4) is 0 Å². The van der Waals surface area contributed by atoms with Gasteiger partial charge in [0.1, 0.15) is 5.00 Å². The third-order valence-electron chi connectivity index (χ3n) is 3.62. The number of carbonyl (C=O) groups excluding carboxylic acids is 3. The lowest BCUT2D eigenvalue weighted by Crippen LogP contribution is -2.24. The van der Waals surface area contributed by atoms with Crippen molar-refractivity contribution in [1.29, 1.82) is 0 Å². The Balaban J connectivity index is 2.32. The molecule has 0 bridgehead atoms. The Labute approximate surface area is 155 Å². The molecule has 0 saturated heterocycles. The molecule has 0 atom stereocenters. The Morgan fingerprint density at radius 1 is 1.23 bits per heavy atom. The number of nitrogens with one attached hydrogen (secondary N) is 2. The van der Waals surface area contributed by atoms with Crippen LogP contribution in [0, 0.1) is 6.92 Å². The monoisotopic (exact) mass is 378 g/mol. The molecule has 0 saturated carbocycles. The quantitative estimate of drug-likeness (QED) is 0.540. The zero-order valence-corrected chi connectivity index (χ0v) is 15.8. The molecule has 0 aliphatic carbocycles. The van der Waals surface area contributed by atoms with Gasteiger partial charge in [-0.2, -0.15) is 0 Å². The van der Waals surface area contributed by atoms with Crippen LogP contribution in [0.1, 0.15) is 62.8 Å². The maximum absolute atomic E-state index is 12.4. The maximum atomic E-state index is 12.4. The van der Waals surface area contributed by atoms with Gasteiger partial charge in [-0.15, -0.1) is 11.3 Å². The number of furan rings is 1. The number of hydrogen-bond acceptors (Lipinski definition) is 6. The van der Waals surface area contributed by atoms with Crippen LogP contribution in [-0.2, 0) is 4.74 Å². The van der Waals surface area contributed by atoms with Crippen molar-refractivity contribution in [3.05, 3.63) is 40.2 Å². The number of rotatable bonds is 8. The van der Waals surface area contributed by atoms with Crippen molar-refractivity contribution >= 4 is 34.1 Å². The zero-order valence-electron chi connectivity index (χ0n) is 15.0. The molecule has 0 unspecified atom stereocenters. The highest BCUT2D eigenvalue weighted by molar-refractivity contribution is 7.18. The molecule has 0 aromatic carbocycles. The van der Waals surface area contributed by atoms with E-state index in [1.54, 1.807) is 19.9 Å². The van der Waals surface area contributed by atoms with E-state index >= 15 is 0 Å². The molecule has 2 rings (SSSR count). The first kappa shape index (κ1) is 19.7. The van der Waals surface area contributed by atoms with E-state index in [4.69, 9.17) is 9.15 Å². The van der Waals surface area contributed by atoms with Crippen molar-refractivity contribution in [3.63, 3.8) is 0 Å². The maximum Gasteiger partial charge on any atom is 0.341 e. The van der Waals surface area contributed by atoms with Crippen LogP contribution in [0.2, 0.25) is 0 Å². The van der Waals surface area contributed by atoms with Gasteiger partial charge in [-0.25, -0.2) is 4.79 Å². The fraction of sp³-hybridized carbons (Fsp3) is 0.389. The fourth-order valence-electron chi connectivity index (χ4n) is 2.30. The lowest BCUT2D eigenvalue weighted by molar-refractivity contribution is 0.0527. The van der Waals surface area contributed by atoms with Crippen LogP contribution in [0.4, 0.5) is 5.00 Å². The van der Waals surface area contributed by atoms with Gasteiger partial charge in [-0.3, -0.25) is 9.59 Å². The average molecular weight is 378 g/mol. The molecule has 2 amide bonds. The summed E-state index contributed by atoms with van der Waals surface area (Å²) in [7, 11) is 0. The molecular formula is C18H22N2O5S. The topological polar surface area (TPSA) is 97.6 Å². The van der Waals surface area contributed by atoms with E-state index in [1.807, 2.05) is 6.92 Å². The van der Waals surface area contributed by atoms with Gasteiger partial charge in [-0.1, -0.05) is 13.3 Å². The Morgan fingerprint density at radius 2 is 2.00 bits per heavy atom. The summed E-state index contributed by atoms with van der Waals surface area (Å²) in [6, 6.07) is 3.10. The Hall–Kier alpha value is -2.61. The lowest BCUT2D eigenvalue weighted by atomic mass is 10.1. The molecule has 26 heavy (non-hydrogen) atoms. The highest BCUT2D eigenvalue weighted by Gasteiger charge is 2.27. The predicted molar refractivity (Wildman–Crippen MR) is 98.9 cm³/mol. The summed E-state index contributed by atoms with van der Waals surface area (Å²) in [5.41, 5.74) is 0.676. The van der Waals surface area contributed by atoms with Crippen LogP contribution in [-0.4, -0.2) is 30.9 Å². The first-order chi connectivity index (χ1) is 12.5. The molecule has 2 heterocycles. The van der Waals surface area contributed by atoms with Crippen LogP contribution in [0.5, 0.6) is 0 Å². The minimum Gasteiger partial charge on any atom is -0.462 e. The molecular weight excluding hydrogens is 356 g/mol. The molecule has 140 valence electrons. The minimum atomic E-state index is -0.580. The fourth-order valence-corrected chi connectivity index (χ4v) is 3.40. The van der Waals surface area contributed by atoms with Gasteiger partial charge in [0.2, 0.25) is 0 Å². The molecule has 0 aliphatic heterocycles. The number of amides is 2. The van der Waals surface area contributed by atoms with Crippen molar-refractivity contribution < 1.29 is 23.5 Å². The van der Waals surface area contributed by atoms with E-state index in [0.717, 1.165) is 24.2 Å². The molecule has 0 fully saturated rings. The number of esters is 1. The highest BCUT2D eigenvalue weighted by Crippen LogP contribution is 2.34. The second kappa shape index (κ2) is 9.19. The molecule has 0 spiro atoms. The van der Waals surface area contributed by atoms with E-state index in [-0.39, 0.29) is 28.8 Å². The molecule has 2 aromatic heterocycles. The molecule has 2 aromatic rings. The SMILES string of the molecule is CCCCNC(=O)c1sc(NC(=O)c2ccco2)c(C(=O)OCC)c1C. The van der Waals surface area contributed by atoms with E-state index < -0.39 is 11.9 Å². The van der Waals surface area contributed by atoms with Gasteiger partial charge >= 0.3 is 5.97 Å². The normalized spacial score (nSPS) is 10.4.